The molecule has 0 saturated heterocycles. The monoisotopic (exact) mass is 269 g/mol. The molecule has 7 nitrogen and oxygen atoms in total. The number of nitrogens with one attached hydrogen (secondary N) is 1. The highest BCUT2D eigenvalue weighted by molar-refractivity contribution is 7.09. The summed E-state index contributed by atoms with van der Waals surface area (Å²) in [6.45, 7) is 0. The van der Waals surface area contributed by atoms with E-state index in [1.165, 1.54) is 25.9 Å². The van der Waals surface area contributed by atoms with Gasteiger partial charge in [0.05, 0.1) is 24.7 Å². The van der Waals surface area contributed by atoms with Crippen LogP contribution in [0.4, 0.5) is 0 Å². The average Bonchev–Trinajstić information content (AvgIpc) is 2.94. The lowest BCUT2D eigenvalue weighted by Crippen LogP contribution is -2.12. The van der Waals surface area contributed by atoms with Crippen molar-refractivity contribution < 1.29 is 14.3 Å². The second-order valence-corrected chi connectivity index (χ2v) is 4.26. The summed E-state index contributed by atoms with van der Waals surface area (Å²) in [4.78, 5) is 24.1. The van der Waals surface area contributed by atoms with Crippen LogP contribution < -0.4 is 10.3 Å². The first-order valence-electron chi connectivity index (χ1n) is 4.97. The van der Waals surface area contributed by atoms with Gasteiger partial charge in [-0.1, -0.05) is 0 Å². The number of carbonyl (C=O) groups is 1. The van der Waals surface area contributed by atoms with Crippen LogP contribution >= 0.6 is 11.5 Å². The van der Waals surface area contributed by atoms with Gasteiger partial charge < -0.3 is 9.47 Å². The minimum atomic E-state index is -0.602. The van der Waals surface area contributed by atoms with E-state index in [4.69, 9.17) is 4.74 Å². The van der Waals surface area contributed by atoms with E-state index in [9.17, 15) is 9.59 Å². The van der Waals surface area contributed by atoms with Crippen LogP contribution in [-0.2, 0) is 11.8 Å². The minimum absolute atomic E-state index is 0.108. The fraction of sp³-hybridized carbons (Fsp3) is 0.300. The SMILES string of the molecule is COC(=O)c1[nH]n(C)c(=O)c1-c1cc(OC)ns1. The first kappa shape index (κ1) is 12.4. The number of aromatic amines is 1. The Morgan fingerprint density at radius 3 is 2.78 bits per heavy atom. The summed E-state index contributed by atoms with van der Waals surface area (Å²) >= 11 is 1.08. The summed E-state index contributed by atoms with van der Waals surface area (Å²) in [6.07, 6.45) is 0. The van der Waals surface area contributed by atoms with Crippen molar-refractivity contribution in [3.05, 3.63) is 22.1 Å². The second kappa shape index (κ2) is 4.65. The van der Waals surface area contributed by atoms with Crippen molar-refractivity contribution in [3.8, 4) is 16.3 Å². The highest BCUT2D eigenvalue weighted by Crippen LogP contribution is 2.27. The summed E-state index contributed by atoms with van der Waals surface area (Å²) in [5.41, 5.74) is 0.0307. The second-order valence-electron chi connectivity index (χ2n) is 3.45. The van der Waals surface area contributed by atoms with Gasteiger partial charge in [-0.05, 0) is 11.5 Å². The van der Waals surface area contributed by atoms with Gasteiger partial charge in [-0.3, -0.25) is 14.6 Å². The molecule has 2 heterocycles. The summed E-state index contributed by atoms with van der Waals surface area (Å²) in [5.74, 6) is -0.205. The summed E-state index contributed by atoms with van der Waals surface area (Å²) in [5, 5.41) is 2.66. The molecule has 0 atom stereocenters. The first-order chi connectivity index (χ1) is 8.58. The third kappa shape index (κ3) is 1.90. The van der Waals surface area contributed by atoms with Crippen molar-refractivity contribution in [2.45, 2.75) is 0 Å². The van der Waals surface area contributed by atoms with E-state index in [2.05, 4.69) is 14.2 Å². The Labute approximate surface area is 106 Å². The largest absolute Gasteiger partial charge is 0.480 e. The van der Waals surface area contributed by atoms with Gasteiger partial charge in [0.25, 0.3) is 5.56 Å². The van der Waals surface area contributed by atoms with Crippen LogP contribution in [0, 0.1) is 0 Å². The molecule has 0 fully saturated rings. The zero-order valence-corrected chi connectivity index (χ0v) is 10.8. The molecule has 0 bridgehead atoms. The fourth-order valence-electron chi connectivity index (χ4n) is 1.50. The molecule has 0 radical (unpaired) electrons. The van der Waals surface area contributed by atoms with Gasteiger partial charge in [-0.2, -0.15) is 4.37 Å². The molecule has 1 N–H and O–H groups in total. The average molecular weight is 269 g/mol. The molecule has 0 aliphatic carbocycles. The van der Waals surface area contributed by atoms with Crippen molar-refractivity contribution in [2.24, 2.45) is 7.05 Å². The van der Waals surface area contributed by atoms with Gasteiger partial charge in [-0.15, -0.1) is 0 Å². The number of ether oxygens (including phenoxy) is 2. The van der Waals surface area contributed by atoms with Crippen molar-refractivity contribution in [1.29, 1.82) is 0 Å². The lowest BCUT2D eigenvalue weighted by Gasteiger charge is -1.96. The number of esters is 1. The zero-order valence-electron chi connectivity index (χ0n) is 10.0. The van der Waals surface area contributed by atoms with Crippen LogP contribution in [0.5, 0.6) is 5.88 Å². The van der Waals surface area contributed by atoms with E-state index in [0.29, 0.717) is 10.8 Å². The van der Waals surface area contributed by atoms with E-state index in [1.807, 2.05) is 0 Å². The number of hydrogen-bond donors (Lipinski definition) is 1. The van der Waals surface area contributed by atoms with E-state index < -0.39 is 5.97 Å². The van der Waals surface area contributed by atoms with Gasteiger partial charge in [0, 0.05) is 13.1 Å². The van der Waals surface area contributed by atoms with Crippen molar-refractivity contribution in [3.63, 3.8) is 0 Å². The number of aromatic nitrogens is 3. The van der Waals surface area contributed by atoms with Crippen LogP contribution in [0.3, 0.4) is 0 Å². The van der Waals surface area contributed by atoms with E-state index in [1.54, 1.807) is 6.07 Å². The lowest BCUT2D eigenvalue weighted by atomic mass is 10.2. The van der Waals surface area contributed by atoms with Crippen molar-refractivity contribution >= 4 is 17.5 Å². The fourth-order valence-corrected chi connectivity index (χ4v) is 2.25. The van der Waals surface area contributed by atoms with Crippen LogP contribution in [0.15, 0.2) is 10.9 Å². The number of nitrogens with zero attached hydrogens (tertiary/aromatic N) is 2. The predicted octanol–water partition coefficient (Wildman–Crippen LogP) is 0.632. The molecular weight excluding hydrogens is 258 g/mol. The molecule has 18 heavy (non-hydrogen) atoms. The van der Waals surface area contributed by atoms with Crippen LogP contribution in [0.2, 0.25) is 0 Å². The smallest absolute Gasteiger partial charge is 0.356 e. The molecule has 0 spiro atoms. The Hall–Kier alpha value is -2.09. The molecule has 2 aromatic rings. The summed E-state index contributed by atoms with van der Waals surface area (Å²) in [7, 11) is 4.26. The van der Waals surface area contributed by atoms with Gasteiger partial charge >= 0.3 is 5.97 Å². The van der Waals surface area contributed by atoms with Gasteiger partial charge in [0.15, 0.2) is 5.69 Å². The Kier molecular flexibility index (Phi) is 3.19. The lowest BCUT2D eigenvalue weighted by molar-refractivity contribution is 0.0594. The molecule has 0 amide bonds. The van der Waals surface area contributed by atoms with Crippen LogP contribution in [0.1, 0.15) is 10.5 Å². The maximum atomic E-state index is 12.0. The highest BCUT2D eigenvalue weighted by atomic mass is 32.1. The van der Waals surface area contributed by atoms with E-state index in [0.717, 1.165) is 11.5 Å². The molecule has 0 aliphatic rings. The standard InChI is InChI=1S/C10H11N3O4S/c1-13-9(14)7(8(11-13)10(15)17-3)5-4-6(16-2)12-18-5/h4,11H,1-3H3. The third-order valence-electron chi connectivity index (χ3n) is 2.38. The number of carbonyl (C=O) groups excluding carboxylic acids is 1. The van der Waals surface area contributed by atoms with Gasteiger partial charge in [0.2, 0.25) is 5.88 Å². The maximum Gasteiger partial charge on any atom is 0.356 e. The first-order valence-corrected chi connectivity index (χ1v) is 5.74. The van der Waals surface area contributed by atoms with E-state index in [-0.39, 0.29) is 16.8 Å². The minimum Gasteiger partial charge on any atom is -0.480 e. The number of methoxy groups -OCH3 is 2. The Bertz CT molecular complexity index is 640. The molecule has 0 aromatic carbocycles. The highest BCUT2D eigenvalue weighted by Gasteiger charge is 2.23. The number of rotatable bonds is 3. The molecule has 0 aliphatic heterocycles. The van der Waals surface area contributed by atoms with Crippen molar-refractivity contribution in [2.75, 3.05) is 14.2 Å². The Morgan fingerprint density at radius 2 is 2.22 bits per heavy atom. The molecular formula is C10H11N3O4S. The molecule has 2 aromatic heterocycles. The number of aryl methyl sites for hydroxylation is 1. The molecule has 2 rings (SSSR count). The Morgan fingerprint density at radius 1 is 1.50 bits per heavy atom. The normalized spacial score (nSPS) is 10.4. The van der Waals surface area contributed by atoms with Crippen molar-refractivity contribution in [1.82, 2.24) is 14.2 Å². The third-order valence-corrected chi connectivity index (χ3v) is 3.17. The maximum absolute atomic E-state index is 12.0. The molecule has 0 unspecified atom stereocenters. The number of hydrogen-bond acceptors (Lipinski definition) is 6. The van der Waals surface area contributed by atoms with Gasteiger partial charge in [0.1, 0.15) is 0 Å². The molecule has 96 valence electrons. The van der Waals surface area contributed by atoms with Crippen LogP contribution in [0.25, 0.3) is 10.4 Å². The van der Waals surface area contributed by atoms with E-state index >= 15 is 0 Å². The topological polar surface area (TPSA) is 86.2 Å². The van der Waals surface area contributed by atoms with Gasteiger partial charge in [-0.25, -0.2) is 4.79 Å². The Balaban J connectivity index is 2.62. The number of H-pyrrole nitrogens is 1. The molecule has 8 heteroatoms. The predicted molar refractivity (Wildman–Crippen MR) is 65.0 cm³/mol. The zero-order chi connectivity index (χ0) is 13.3. The summed E-state index contributed by atoms with van der Waals surface area (Å²) < 4.78 is 14.8. The van der Waals surface area contributed by atoms with Crippen LogP contribution in [-0.4, -0.2) is 34.3 Å². The molecule has 0 saturated carbocycles. The summed E-state index contributed by atoms with van der Waals surface area (Å²) in [6, 6.07) is 1.60. The quantitative estimate of drug-likeness (QED) is 0.826.